The zero-order valence-electron chi connectivity index (χ0n) is 12.3. The van der Waals surface area contributed by atoms with Gasteiger partial charge in [0, 0.05) is 17.7 Å². The number of rotatable bonds is 4. The second-order valence-corrected chi connectivity index (χ2v) is 5.00. The Balaban J connectivity index is 2.76. The Kier molecular flexibility index (Phi) is 4.33. The van der Waals surface area contributed by atoms with Gasteiger partial charge in [0.2, 0.25) is 0 Å². The molecule has 2 rings (SSSR count). The summed E-state index contributed by atoms with van der Waals surface area (Å²) >= 11 is 0. The van der Waals surface area contributed by atoms with Gasteiger partial charge in [0.25, 0.3) is 0 Å². The van der Waals surface area contributed by atoms with E-state index in [2.05, 4.69) is 0 Å². The lowest BCUT2D eigenvalue weighted by molar-refractivity contribution is 0.248. The van der Waals surface area contributed by atoms with Crippen LogP contribution in [0.4, 0.5) is 0 Å². The van der Waals surface area contributed by atoms with E-state index in [1.165, 1.54) is 13.2 Å². The zero-order valence-corrected chi connectivity index (χ0v) is 12.3. The lowest BCUT2D eigenvalue weighted by Gasteiger charge is -2.12. The third-order valence-corrected chi connectivity index (χ3v) is 3.20. The molecule has 0 spiro atoms. The van der Waals surface area contributed by atoms with Crippen LogP contribution in [-0.4, -0.2) is 17.3 Å². The summed E-state index contributed by atoms with van der Waals surface area (Å²) in [5, 5.41) is 19.6. The standard InChI is InChI=1S/C16H18O5/c1-9(2)4-5-11-13(20-3)7-14-15(16(11)19)12(18)6-10(8-17)21-14/h4,6-7,17,19H,5,8H2,1-3H3. The van der Waals surface area contributed by atoms with Gasteiger partial charge in [0.15, 0.2) is 5.43 Å². The van der Waals surface area contributed by atoms with Crippen molar-refractivity contribution in [1.82, 2.24) is 0 Å². The monoisotopic (exact) mass is 290 g/mol. The molecule has 0 unspecified atom stereocenters. The number of aromatic hydroxyl groups is 1. The zero-order chi connectivity index (χ0) is 15.6. The first kappa shape index (κ1) is 15.1. The first-order chi connectivity index (χ1) is 9.97. The highest BCUT2D eigenvalue weighted by molar-refractivity contribution is 5.87. The van der Waals surface area contributed by atoms with Gasteiger partial charge in [-0.2, -0.15) is 0 Å². The van der Waals surface area contributed by atoms with Crippen LogP contribution in [0.15, 0.2) is 33.0 Å². The van der Waals surface area contributed by atoms with Crippen molar-refractivity contribution in [3.63, 3.8) is 0 Å². The molecule has 0 bridgehead atoms. The van der Waals surface area contributed by atoms with Gasteiger partial charge < -0.3 is 19.4 Å². The molecule has 0 aliphatic carbocycles. The molecule has 2 aromatic rings. The average Bonchev–Trinajstić information content (AvgIpc) is 2.44. The molecular weight excluding hydrogens is 272 g/mol. The molecule has 112 valence electrons. The Morgan fingerprint density at radius 2 is 2.10 bits per heavy atom. The Morgan fingerprint density at radius 3 is 2.67 bits per heavy atom. The average molecular weight is 290 g/mol. The number of aliphatic hydroxyl groups excluding tert-OH is 1. The van der Waals surface area contributed by atoms with Crippen LogP contribution in [0.5, 0.6) is 11.5 Å². The number of aliphatic hydroxyl groups is 1. The molecule has 21 heavy (non-hydrogen) atoms. The van der Waals surface area contributed by atoms with E-state index in [0.29, 0.717) is 17.7 Å². The molecule has 0 saturated carbocycles. The van der Waals surface area contributed by atoms with Crippen molar-refractivity contribution in [2.75, 3.05) is 7.11 Å². The molecule has 5 heteroatoms. The summed E-state index contributed by atoms with van der Waals surface area (Å²) in [4.78, 5) is 12.1. The van der Waals surface area contributed by atoms with Crippen molar-refractivity contribution < 1.29 is 19.4 Å². The number of fused-ring (bicyclic) bond motifs is 1. The predicted octanol–water partition coefficient (Wildman–Crippen LogP) is 2.51. The minimum Gasteiger partial charge on any atom is -0.507 e. The molecule has 0 atom stereocenters. The number of methoxy groups -OCH3 is 1. The summed E-state index contributed by atoms with van der Waals surface area (Å²) in [6.45, 7) is 3.52. The summed E-state index contributed by atoms with van der Waals surface area (Å²) in [5.41, 5.74) is 1.44. The minimum absolute atomic E-state index is 0.102. The van der Waals surface area contributed by atoms with Crippen LogP contribution in [-0.2, 0) is 13.0 Å². The fourth-order valence-electron chi connectivity index (χ4n) is 2.13. The van der Waals surface area contributed by atoms with Gasteiger partial charge in [-0.05, 0) is 20.3 Å². The van der Waals surface area contributed by atoms with E-state index >= 15 is 0 Å². The molecule has 2 N–H and O–H groups in total. The van der Waals surface area contributed by atoms with Crippen LogP contribution in [0.2, 0.25) is 0 Å². The highest BCUT2D eigenvalue weighted by Gasteiger charge is 2.17. The minimum atomic E-state index is -0.390. The lowest BCUT2D eigenvalue weighted by atomic mass is 10.0. The number of allylic oxidation sites excluding steroid dienone is 2. The Hall–Kier alpha value is -2.27. The van der Waals surface area contributed by atoms with E-state index in [0.717, 1.165) is 5.57 Å². The normalized spacial score (nSPS) is 10.7. The van der Waals surface area contributed by atoms with Crippen molar-refractivity contribution in [2.24, 2.45) is 0 Å². The third kappa shape index (κ3) is 2.92. The van der Waals surface area contributed by atoms with Crippen LogP contribution < -0.4 is 10.2 Å². The molecule has 1 heterocycles. The van der Waals surface area contributed by atoms with Gasteiger partial charge in [-0.25, -0.2) is 0 Å². The van der Waals surface area contributed by atoms with E-state index < -0.39 is 0 Å². The molecule has 0 fully saturated rings. The van der Waals surface area contributed by atoms with Gasteiger partial charge >= 0.3 is 0 Å². The molecule has 1 aromatic carbocycles. The molecule has 0 saturated heterocycles. The summed E-state index contributed by atoms with van der Waals surface area (Å²) in [7, 11) is 1.49. The van der Waals surface area contributed by atoms with Gasteiger partial charge in [0.05, 0.1) is 7.11 Å². The Bertz CT molecular complexity index is 751. The maximum Gasteiger partial charge on any atom is 0.196 e. The van der Waals surface area contributed by atoms with Gasteiger partial charge in [0.1, 0.15) is 34.8 Å². The Morgan fingerprint density at radius 1 is 1.38 bits per heavy atom. The van der Waals surface area contributed by atoms with E-state index in [1.807, 2.05) is 19.9 Å². The van der Waals surface area contributed by atoms with Crippen LogP contribution >= 0.6 is 0 Å². The first-order valence-electron chi connectivity index (χ1n) is 6.57. The van der Waals surface area contributed by atoms with Crippen molar-refractivity contribution in [2.45, 2.75) is 26.9 Å². The molecule has 5 nitrogen and oxygen atoms in total. The number of phenolic OH excluding ortho intramolecular Hbond substituents is 1. The number of phenols is 1. The second kappa shape index (κ2) is 6.01. The fourth-order valence-corrected chi connectivity index (χ4v) is 2.13. The lowest BCUT2D eigenvalue weighted by Crippen LogP contribution is -2.05. The van der Waals surface area contributed by atoms with Crippen molar-refractivity contribution in [3.05, 3.63) is 45.3 Å². The number of hydrogen-bond donors (Lipinski definition) is 2. The maximum atomic E-state index is 12.1. The quantitative estimate of drug-likeness (QED) is 0.846. The van der Waals surface area contributed by atoms with Gasteiger partial charge in [-0.1, -0.05) is 11.6 Å². The number of hydrogen-bond acceptors (Lipinski definition) is 5. The van der Waals surface area contributed by atoms with E-state index in [1.54, 1.807) is 6.07 Å². The highest BCUT2D eigenvalue weighted by atomic mass is 16.5. The Labute approximate surface area is 122 Å². The van der Waals surface area contributed by atoms with E-state index in [-0.39, 0.29) is 34.5 Å². The largest absolute Gasteiger partial charge is 0.507 e. The summed E-state index contributed by atoms with van der Waals surface area (Å²) < 4.78 is 10.7. The topological polar surface area (TPSA) is 79.9 Å². The predicted molar refractivity (Wildman–Crippen MR) is 79.8 cm³/mol. The van der Waals surface area contributed by atoms with Crippen LogP contribution in [0.25, 0.3) is 11.0 Å². The third-order valence-electron chi connectivity index (χ3n) is 3.20. The van der Waals surface area contributed by atoms with Crippen molar-refractivity contribution in [3.8, 4) is 11.5 Å². The van der Waals surface area contributed by atoms with Gasteiger partial charge in [-0.15, -0.1) is 0 Å². The maximum absolute atomic E-state index is 12.1. The molecule has 0 amide bonds. The fraction of sp³-hybridized carbons (Fsp3) is 0.312. The van der Waals surface area contributed by atoms with Crippen molar-refractivity contribution >= 4 is 11.0 Å². The SMILES string of the molecule is COc1cc2oc(CO)cc(=O)c2c(O)c1CC=C(C)C. The van der Waals surface area contributed by atoms with E-state index in [4.69, 9.17) is 14.3 Å². The van der Waals surface area contributed by atoms with E-state index in [9.17, 15) is 9.90 Å². The summed E-state index contributed by atoms with van der Waals surface area (Å²) in [6, 6.07) is 2.74. The highest BCUT2D eigenvalue weighted by Crippen LogP contribution is 2.35. The van der Waals surface area contributed by atoms with Gasteiger partial charge in [-0.3, -0.25) is 4.79 Å². The molecule has 0 aliphatic heterocycles. The summed E-state index contributed by atoms with van der Waals surface area (Å²) in [6.07, 6.45) is 2.39. The van der Waals surface area contributed by atoms with Crippen LogP contribution in [0, 0.1) is 0 Å². The molecule has 1 aromatic heterocycles. The molecule has 0 radical (unpaired) electrons. The number of ether oxygens (including phenoxy) is 1. The summed E-state index contributed by atoms with van der Waals surface area (Å²) in [5.74, 6) is 0.446. The first-order valence-corrected chi connectivity index (χ1v) is 6.57. The second-order valence-electron chi connectivity index (χ2n) is 5.00. The van der Waals surface area contributed by atoms with Crippen LogP contribution in [0.3, 0.4) is 0 Å². The smallest absolute Gasteiger partial charge is 0.196 e. The number of benzene rings is 1. The van der Waals surface area contributed by atoms with Crippen molar-refractivity contribution in [1.29, 1.82) is 0 Å². The molecular formula is C16H18O5. The molecule has 0 aliphatic rings. The van der Waals surface area contributed by atoms with Crippen LogP contribution in [0.1, 0.15) is 25.2 Å².